The van der Waals surface area contributed by atoms with Gasteiger partial charge in [-0.1, -0.05) is 39.7 Å². The van der Waals surface area contributed by atoms with E-state index < -0.39 is 0 Å². The highest BCUT2D eigenvalue weighted by atomic mass is 79.9. The minimum atomic E-state index is 0.105. The van der Waals surface area contributed by atoms with E-state index in [-0.39, 0.29) is 5.78 Å². The number of hydrogen-bond donors (Lipinski definition) is 0. The topological polar surface area (TPSA) is 17.1 Å². The molecule has 0 N–H and O–H groups in total. The number of rotatable bonds is 2. The zero-order valence-electron chi connectivity index (χ0n) is 11.7. The molecule has 0 aliphatic rings. The smallest absolute Gasteiger partial charge is 0.193 e. The second-order valence-corrected chi connectivity index (χ2v) is 5.98. The molecule has 0 spiro atoms. The average Bonchev–Trinajstić information content (AvgIpc) is 2.30. The van der Waals surface area contributed by atoms with Crippen molar-refractivity contribution in [1.82, 2.24) is 0 Å². The predicted molar refractivity (Wildman–Crippen MR) is 83.0 cm³/mol. The second kappa shape index (κ2) is 5.30. The lowest BCUT2D eigenvalue weighted by Gasteiger charge is -2.12. The van der Waals surface area contributed by atoms with E-state index in [9.17, 15) is 4.79 Å². The fourth-order valence-corrected chi connectivity index (χ4v) is 2.87. The van der Waals surface area contributed by atoms with Gasteiger partial charge in [-0.3, -0.25) is 4.79 Å². The van der Waals surface area contributed by atoms with Crippen LogP contribution in [0.4, 0.5) is 0 Å². The van der Waals surface area contributed by atoms with Crippen LogP contribution in [0.3, 0.4) is 0 Å². The summed E-state index contributed by atoms with van der Waals surface area (Å²) in [7, 11) is 0. The Labute approximate surface area is 122 Å². The molecule has 0 unspecified atom stereocenters. The zero-order valence-corrected chi connectivity index (χ0v) is 13.3. The Morgan fingerprint density at radius 2 is 1.47 bits per heavy atom. The van der Waals surface area contributed by atoms with Crippen molar-refractivity contribution in [3.05, 3.63) is 68.2 Å². The Balaban J connectivity index is 2.59. The first-order valence-corrected chi connectivity index (χ1v) is 7.08. The van der Waals surface area contributed by atoms with E-state index in [1.807, 2.05) is 39.0 Å². The van der Waals surface area contributed by atoms with Gasteiger partial charge in [-0.15, -0.1) is 0 Å². The summed E-state index contributed by atoms with van der Waals surface area (Å²) in [6.07, 6.45) is 0. The predicted octanol–water partition coefficient (Wildman–Crippen LogP) is 4.91. The molecular formula is C17H17BrO. The van der Waals surface area contributed by atoms with Gasteiger partial charge in [0.15, 0.2) is 5.78 Å². The van der Waals surface area contributed by atoms with E-state index >= 15 is 0 Å². The van der Waals surface area contributed by atoms with Gasteiger partial charge in [-0.25, -0.2) is 0 Å². The lowest BCUT2D eigenvalue weighted by molar-refractivity contribution is 0.103. The maximum absolute atomic E-state index is 12.8. The standard InChI is InChI=1S/C17H17BrO/c1-10-7-12(3)16(13(4)8-10)17(19)15-9-14(18)6-5-11(15)2/h5-9H,1-4H3. The van der Waals surface area contributed by atoms with Crippen molar-refractivity contribution in [3.63, 3.8) is 0 Å². The molecule has 0 saturated carbocycles. The van der Waals surface area contributed by atoms with Gasteiger partial charge in [-0.2, -0.15) is 0 Å². The Morgan fingerprint density at radius 3 is 2.05 bits per heavy atom. The van der Waals surface area contributed by atoms with E-state index in [0.717, 1.165) is 32.3 Å². The first-order valence-electron chi connectivity index (χ1n) is 6.29. The van der Waals surface area contributed by atoms with Gasteiger partial charge in [0.25, 0.3) is 0 Å². The van der Waals surface area contributed by atoms with Gasteiger partial charge >= 0.3 is 0 Å². The first-order chi connectivity index (χ1) is 8.90. The SMILES string of the molecule is Cc1cc(C)c(C(=O)c2cc(Br)ccc2C)c(C)c1. The third kappa shape index (κ3) is 2.79. The Hall–Kier alpha value is -1.41. The highest BCUT2D eigenvalue weighted by Crippen LogP contribution is 2.24. The minimum absolute atomic E-state index is 0.105. The molecule has 2 rings (SSSR count). The average molecular weight is 317 g/mol. The Kier molecular flexibility index (Phi) is 3.91. The van der Waals surface area contributed by atoms with Crippen LogP contribution in [-0.4, -0.2) is 5.78 Å². The summed E-state index contributed by atoms with van der Waals surface area (Å²) >= 11 is 3.43. The largest absolute Gasteiger partial charge is 0.289 e. The van der Waals surface area contributed by atoms with Gasteiger partial charge in [-0.05, 0) is 56.5 Å². The molecule has 1 nitrogen and oxygen atoms in total. The fourth-order valence-electron chi connectivity index (χ4n) is 2.51. The molecule has 2 aromatic carbocycles. The van der Waals surface area contributed by atoms with Gasteiger partial charge in [0.05, 0.1) is 0 Å². The normalized spacial score (nSPS) is 10.6. The zero-order chi connectivity index (χ0) is 14.2. The number of halogens is 1. The van der Waals surface area contributed by atoms with Crippen LogP contribution in [-0.2, 0) is 0 Å². The molecule has 2 heteroatoms. The molecule has 2 aromatic rings. The van der Waals surface area contributed by atoms with Crippen LogP contribution in [0.25, 0.3) is 0 Å². The van der Waals surface area contributed by atoms with Crippen LogP contribution in [0.1, 0.15) is 38.2 Å². The first kappa shape index (κ1) is 14.0. The summed E-state index contributed by atoms with van der Waals surface area (Å²) in [6.45, 7) is 8.03. The van der Waals surface area contributed by atoms with Crippen LogP contribution in [0.2, 0.25) is 0 Å². The van der Waals surface area contributed by atoms with Crippen molar-refractivity contribution >= 4 is 21.7 Å². The van der Waals surface area contributed by atoms with Crippen molar-refractivity contribution in [1.29, 1.82) is 0 Å². The number of carbonyl (C=O) groups is 1. The van der Waals surface area contributed by atoms with Gasteiger partial charge in [0, 0.05) is 15.6 Å². The summed E-state index contributed by atoms with van der Waals surface area (Å²) in [6, 6.07) is 9.95. The van der Waals surface area contributed by atoms with Gasteiger partial charge in [0.2, 0.25) is 0 Å². The van der Waals surface area contributed by atoms with E-state index in [0.29, 0.717) is 0 Å². The van der Waals surface area contributed by atoms with Crippen LogP contribution in [0.5, 0.6) is 0 Å². The molecule has 98 valence electrons. The Bertz CT molecular complexity index is 633. The quantitative estimate of drug-likeness (QED) is 0.719. The molecule has 0 aliphatic heterocycles. The monoisotopic (exact) mass is 316 g/mol. The summed E-state index contributed by atoms with van der Waals surface area (Å²) < 4.78 is 0.934. The van der Waals surface area contributed by atoms with Crippen LogP contribution >= 0.6 is 15.9 Å². The van der Waals surface area contributed by atoms with Crippen LogP contribution < -0.4 is 0 Å². The van der Waals surface area contributed by atoms with Crippen molar-refractivity contribution in [2.24, 2.45) is 0 Å². The molecule has 0 bridgehead atoms. The maximum atomic E-state index is 12.8. The third-order valence-corrected chi connectivity index (χ3v) is 3.84. The lowest BCUT2D eigenvalue weighted by Crippen LogP contribution is -2.08. The highest BCUT2D eigenvalue weighted by molar-refractivity contribution is 9.10. The van der Waals surface area contributed by atoms with Crippen LogP contribution in [0, 0.1) is 27.7 Å². The number of hydrogen-bond acceptors (Lipinski definition) is 1. The molecule has 0 amide bonds. The molecule has 0 aromatic heterocycles. The number of carbonyl (C=O) groups excluding carboxylic acids is 1. The molecule has 0 saturated heterocycles. The van der Waals surface area contributed by atoms with Crippen molar-refractivity contribution in [2.75, 3.05) is 0 Å². The summed E-state index contributed by atoms with van der Waals surface area (Å²) in [5.74, 6) is 0.105. The molecule has 0 heterocycles. The van der Waals surface area contributed by atoms with Crippen molar-refractivity contribution in [2.45, 2.75) is 27.7 Å². The van der Waals surface area contributed by atoms with Crippen LogP contribution in [0.15, 0.2) is 34.8 Å². The van der Waals surface area contributed by atoms with Gasteiger partial charge < -0.3 is 0 Å². The van der Waals surface area contributed by atoms with Crippen molar-refractivity contribution < 1.29 is 4.79 Å². The molecular weight excluding hydrogens is 300 g/mol. The molecule has 0 aliphatic carbocycles. The van der Waals surface area contributed by atoms with Gasteiger partial charge in [0.1, 0.15) is 0 Å². The maximum Gasteiger partial charge on any atom is 0.193 e. The highest BCUT2D eigenvalue weighted by Gasteiger charge is 2.17. The Morgan fingerprint density at radius 1 is 0.895 bits per heavy atom. The summed E-state index contributed by atoms with van der Waals surface area (Å²) in [4.78, 5) is 12.8. The molecule has 0 atom stereocenters. The second-order valence-electron chi connectivity index (χ2n) is 5.06. The molecule has 19 heavy (non-hydrogen) atoms. The van der Waals surface area contributed by atoms with Crippen molar-refractivity contribution in [3.8, 4) is 0 Å². The van der Waals surface area contributed by atoms with E-state index in [1.165, 1.54) is 5.56 Å². The summed E-state index contributed by atoms with van der Waals surface area (Å²) in [5.41, 5.74) is 5.88. The van der Waals surface area contributed by atoms with E-state index in [1.54, 1.807) is 0 Å². The van der Waals surface area contributed by atoms with E-state index in [2.05, 4.69) is 35.0 Å². The summed E-state index contributed by atoms with van der Waals surface area (Å²) in [5, 5.41) is 0. The van der Waals surface area contributed by atoms with E-state index in [4.69, 9.17) is 0 Å². The number of aryl methyl sites for hydroxylation is 4. The molecule has 0 fully saturated rings. The number of ketones is 1. The fraction of sp³-hybridized carbons (Fsp3) is 0.235. The number of benzene rings is 2. The molecule has 0 radical (unpaired) electrons. The minimum Gasteiger partial charge on any atom is -0.289 e. The third-order valence-electron chi connectivity index (χ3n) is 3.35. The lowest BCUT2D eigenvalue weighted by atomic mass is 9.91.